The van der Waals surface area contributed by atoms with Crippen LogP contribution in [-0.2, 0) is 10.2 Å². The molecular weight excluding hydrogens is 336 g/mol. The Morgan fingerprint density at radius 2 is 1.96 bits per heavy atom. The molecule has 25 heavy (non-hydrogen) atoms. The van der Waals surface area contributed by atoms with Gasteiger partial charge in [-0.2, -0.15) is 5.10 Å². The van der Waals surface area contributed by atoms with Crippen molar-refractivity contribution in [2.45, 2.75) is 40.0 Å². The normalized spacial score (nSPS) is 12.4. The molecule has 0 bridgehead atoms. The Morgan fingerprint density at radius 1 is 1.28 bits per heavy atom. The molecule has 0 fully saturated rings. The van der Waals surface area contributed by atoms with Crippen molar-refractivity contribution in [1.29, 1.82) is 0 Å². The van der Waals surface area contributed by atoms with E-state index >= 15 is 0 Å². The Morgan fingerprint density at radius 3 is 2.52 bits per heavy atom. The molecule has 1 heterocycles. The number of aromatic nitrogens is 2. The molecule has 0 saturated heterocycles. The predicted octanol–water partition coefficient (Wildman–Crippen LogP) is 3.69. The molecule has 1 aromatic carbocycles. The van der Waals surface area contributed by atoms with Crippen molar-refractivity contribution in [3.63, 3.8) is 0 Å². The highest BCUT2D eigenvalue weighted by atomic mass is 35.5. The van der Waals surface area contributed by atoms with Crippen molar-refractivity contribution in [2.24, 2.45) is 5.92 Å². The van der Waals surface area contributed by atoms with Gasteiger partial charge >= 0.3 is 0 Å². The van der Waals surface area contributed by atoms with Gasteiger partial charge in [-0.1, -0.05) is 39.8 Å². The van der Waals surface area contributed by atoms with Gasteiger partial charge < -0.3 is 10.6 Å². The maximum Gasteiger partial charge on any atom is 0.229 e. The average molecular weight is 365 g/mol. The second-order valence-electron chi connectivity index (χ2n) is 7.36. The number of nitrogens with one attached hydrogen (secondary N) is 2. The van der Waals surface area contributed by atoms with E-state index < -0.39 is 0 Å². The van der Waals surface area contributed by atoms with Gasteiger partial charge in [0, 0.05) is 23.9 Å². The van der Waals surface area contributed by atoms with Crippen molar-refractivity contribution in [3.8, 4) is 5.69 Å². The summed E-state index contributed by atoms with van der Waals surface area (Å²) in [6, 6.07) is 10.1. The minimum atomic E-state index is -0.117. The topological polar surface area (TPSA) is 59.0 Å². The van der Waals surface area contributed by atoms with Crippen LogP contribution >= 0.6 is 12.4 Å². The van der Waals surface area contributed by atoms with E-state index in [2.05, 4.69) is 37.5 Å². The quantitative estimate of drug-likeness (QED) is 0.850. The van der Waals surface area contributed by atoms with E-state index in [1.54, 1.807) is 0 Å². The summed E-state index contributed by atoms with van der Waals surface area (Å²) >= 11 is 0. The highest BCUT2D eigenvalue weighted by molar-refractivity contribution is 5.92. The Labute approximate surface area is 156 Å². The number of anilines is 1. The number of nitrogens with zero attached hydrogens (tertiary/aromatic N) is 2. The van der Waals surface area contributed by atoms with Crippen LogP contribution in [-0.4, -0.2) is 29.3 Å². The summed E-state index contributed by atoms with van der Waals surface area (Å²) in [6.07, 6.45) is 0. The van der Waals surface area contributed by atoms with Crippen molar-refractivity contribution in [2.75, 3.05) is 18.9 Å². The SMILES string of the molecule is CNCC(C)C(=O)Nc1cc(C(C)(C)C)nn1-c1cccc(C)c1.Cl. The number of hydrogen-bond donors (Lipinski definition) is 2. The van der Waals surface area contributed by atoms with Crippen LogP contribution in [0.5, 0.6) is 0 Å². The number of benzene rings is 1. The summed E-state index contributed by atoms with van der Waals surface area (Å²) in [4.78, 5) is 12.4. The van der Waals surface area contributed by atoms with Gasteiger partial charge in [-0.15, -0.1) is 12.4 Å². The molecule has 6 heteroatoms. The van der Waals surface area contributed by atoms with Crippen molar-refractivity contribution in [3.05, 3.63) is 41.6 Å². The summed E-state index contributed by atoms with van der Waals surface area (Å²) in [5, 5.41) is 10.8. The second-order valence-corrected chi connectivity index (χ2v) is 7.36. The lowest BCUT2D eigenvalue weighted by atomic mass is 9.92. The Kier molecular flexibility index (Phi) is 7.20. The lowest BCUT2D eigenvalue weighted by molar-refractivity contribution is -0.119. The van der Waals surface area contributed by atoms with Gasteiger partial charge in [0.2, 0.25) is 5.91 Å². The summed E-state index contributed by atoms with van der Waals surface area (Å²) < 4.78 is 1.82. The smallest absolute Gasteiger partial charge is 0.229 e. The van der Waals surface area contributed by atoms with Gasteiger partial charge in [0.05, 0.1) is 11.4 Å². The molecule has 1 amide bonds. The fraction of sp³-hybridized carbons (Fsp3) is 0.474. The molecule has 1 atom stereocenters. The number of halogens is 1. The summed E-state index contributed by atoms with van der Waals surface area (Å²) in [5.41, 5.74) is 2.95. The molecule has 0 aliphatic rings. The number of carbonyl (C=O) groups excluding carboxylic acids is 1. The Hall–Kier alpha value is -1.85. The first-order valence-electron chi connectivity index (χ1n) is 8.35. The number of hydrogen-bond acceptors (Lipinski definition) is 3. The average Bonchev–Trinajstić information content (AvgIpc) is 2.91. The maximum absolute atomic E-state index is 12.4. The van der Waals surface area contributed by atoms with Gasteiger partial charge in [-0.3, -0.25) is 4.79 Å². The highest BCUT2D eigenvalue weighted by Crippen LogP contribution is 2.26. The summed E-state index contributed by atoms with van der Waals surface area (Å²) in [6.45, 7) is 10.9. The zero-order valence-electron chi connectivity index (χ0n) is 15.9. The first-order valence-corrected chi connectivity index (χ1v) is 8.35. The predicted molar refractivity (Wildman–Crippen MR) is 106 cm³/mol. The van der Waals surface area contributed by atoms with Crippen LogP contribution in [0.2, 0.25) is 0 Å². The third-order valence-electron chi connectivity index (χ3n) is 3.93. The number of rotatable bonds is 5. The van der Waals surface area contributed by atoms with Gasteiger partial charge in [0.15, 0.2) is 0 Å². The molecule has 0 radical (unpaired) electrons. The standard InChI is InChI=1S/C19H28N4O.ClH/c1-13-8-7-9-15(10-13)23-17(11-16(22-23)19(3,4)5)21-18(24)14(2)12-20-6;/h7-11,14,20H,12H2,1-6H3,(H,21,24);1H. The van der Waals surface area contributed by atoms with Gasteiger partial charge in [-0.25, -0.2) is 4.68 Å². The molecular formula is C19H29ClN4O. The minimum absolute atomic E-state index is 0. The zero-order valence-corrected chi connectivity index (χ0v) is 16.7. The molecule has 0 saturated carbocycles. The van der Waals surface area contributed by atoms with Gasteiger partial charge in [0.1, 0.15) is 5.82 Å². The second kappa shape index (κ2) is 8.50. The number of amides is 1. The molecule has 2 aromatic rings. The number of aryl methyl sites for hydroxylation is 1. The van der Waals surface area contributed by atoms with Crippen molar-refractivity contribution < 1.29 is 4.79 Å². The van der Waals surface area contributed by atoms with E-state index in [0.29, 0.717) is 12.4 Å². The van der Waals surface area contributed by atoms with E-state index in [0.717, 1.165) is 16.9 Å². The van der Waals surface area contributed by atoms with E-state index in [1.807, 2.05) is 49.8 Å². The van der Waals surface area contributed by atoms with Crippen LogP contribution in [0.25, 0.3) is 5.69 Å². The molecule has 2 N–H and O–H groups in total. The van der Waals surface area contributed by atoms with E-state index in [4.69, 9.17) is 5.10 Å². The summed E-state index contributed by atoms with van der Waals surface area (Å²) in [7, 11) is 1.85. The fourth-order valence-corrected chi connectivity index (χ4v) is 2.44. The lowest BCUT2D eigenvalue weighted by Crippen LogP contribution is -2.29. The molecule has 0 spiro atoms. The third-order valence-corrected chi connectivity index (χ3v) is 3.93. The van der Waals surface area contributed by atoms with E-state index in [1.165, 1.54) is 0 Å². The van der Waals surface area contributed by atoms with Crippen LogP contribution in [0.3, 0.4) is 0 Å². The first-order chi connectivity index (χ1) is 11.2. The molecule has 138 valence electrons. The van der Waals surface area contributed by atoms with E-state index in [-0.39, 0.29) is 29.6 Å². The Balaban J connectivity index is 0.00000312. The third kappa shape index (κ3) is 5.31. The van der Waals surface area contributed by atoms with Gasteiger partial charge in [0.25, 0.3) is 0 Å². The van der Waals surface area contributed by atoms with Crippen molar-refractivity contribution >= 4 is 24.1 Å². The first kappa shape index (κ1) is 21.2. The fourth-order valence-electron chi connectivity index (χ4n) is 2.44. The highest BCUT2D eigenvalue weighted by Gasteiger charge is 2.22. The maximum atomic E-state index is 12.4. The molecule has 0 aliphatic carbocycles. The molecule has 0 aliphatic heterocycles. The monoisotopic (exact) mass is 364 g/mol. The van der Waals surface area contributed by atoms with Crippen LogP contribution in [0, 0.1) is 12.8 Å². The minimum Gasteiger partial charge on any atom is -0.319 e. The molecule has 1 unspecified atom stereocenters. The van der Waals surface area contributed by atoms with Crippen LogP contribution in [0.4, 0.5) is 5.82 Å². The van der Waals surface area contributed by atoms with Crippen LogP contribution < -0.4 is 10.6 Å². The van der Waals surface area contributed by atoms with Gasteiger partial charge in [-0.05, 0) is 31.7 Å². The van der Waals surface area contributed by atoms with E-state index in [9.17, 15) is 4.79 Å². The van der Waals surface area contributed by atoms with Crippen molar-refractivity contribution in [1.82, 2.24) is 15.1 Å². The number of carbonyl (C=O) groups is 1. The van der Waals surface area contributed by atoms with Crippen LogP contribution in [0.1, 0.15) is 39.0 Å². The Bertz CT molecular complexity index is 718. The largest absolute Gasteiger partial charge is 0.319 e. The lowest BCUT2D eigenvalue weighted by Gasteiger charge is -2.14. The zero-order chi connectivity index (χ0) is 17.9. The van der Waals surface area contributed by atoms with Crippen LogP contribution in [0.15, 0.2) is 30.3 Å². The molecule has 2 rings (SSSR count). The summed E-state index contributed by atoms with van der Waals surface area (Å²) in [5.74, 6) is 0.575. The molecule has 5 nitrogen and oxygen atoms in total. The molecule has 1 aromatic heterocycles.